The average Bonchev–Trinajstić information content (AvgIpc) is 2.85. The molecule has 102 valence electrons. The molecule has 2 aromatic rings. The van der Waals surface area contributed by atoms with Gasteiger partial charge in [-0.05, 0) is 30.7 Å². The van der Waals surface area contributed by atoms with E-state index in [2.05, 4.69) is 14.9 Å². The van der Waals surface area contributed by atoms with Crippen molar-refractivity contribution in [2.24, 2.45) is 0 Å². The number of nitrogens with zero attached hydrogens (tertiary/aromatic N) is 2. The molecule has 0 spiro atoms. The average molecular weight is 280 g/mol. The summed E-state index contributed by atoms with van der Waals surface area (Å²) in [5.41, 5.74) is 2.56. The van der Waals surface area contributed by atoms with Gasteiger partial charge in [-0.15, -0.1) is 0 Å². The Bertz CT molecular complexity index is 663. The first-order chi connectivity index (χ1) is 8.90. The smallest absolute Gasteiger partial charge is 0.278 e. The molecule has 0 saturated heterocycles. The number of aromatic nitrogens is 2. The lowest BCUT2D eigenvalue weighted by molar-refractivity contribution is 0.597. The molecule has 1 aromatic heterocycles. The van der Waals surface area contributed by atoms with Crippen molar-refractivity contribution in [3.05, 3.63) is 36.0 Å². The molecule has 0 saturated carbocycles. The van der Waals surface area contributed by atoms with Gasteiger partial charge in [-0.3, -0.25) is 9.82 Å². The summed E-state index contributed by atoms with van der Waals surface area (Å²) in [5, 5.41) is 6.11. The van der Waals surface area contributed by atoms with Crippen LogP contribution in [0.4, 0.5) is 11.4 Å². The first-order valence-electron chi connectivity index (χ1n) is 5.70. The standard InChI is InChI=1S/C12H16N4O2S/c1-9-4-5-10(8-11(9)16(2)3)15-19(17,18)12-6-7-13-14-12/h4-8,15H,1-3H3,(H,13,14). The van der Waals surface area contributed by atoms with Crippen LogP contribution in [0.3, 0.4) is 0 Å². The lowest BCUT2D eigenvalue weighted by Gasteiger charge is -2.17. The number of aryl methyl sites for hydroxylation is 1. The second-order valence-corrected chi connectivity index (χ2v) is 6.07. The lowest BCUT2D eigenvalue weighted by atomic mass is 10.2. The molecule has 0 aliphatic carbocycles. The maximum atomic E-state index is 12.0. The largest absolute Gasteiger partial charge is 0.377 e. The summed E-state index contributed by atoms with van der Waals surface area (Å²) in [5.74, 6) is 0. The molecule has 0 amide bonds. The van der Waals surface area contributed by atoms with Crippen molar-refractivity contribution in [3.8, 4) is 0 Å². The summed E-state index contributed by atoms with van der Waals surface area (Å²) < 4.78 is 26.6. The minimum atomic E-state index is -3.61. The van der Waals surface area contributed by atoms with Gasteiger partial charge in [0.1, 0.15) is 0 Å². The Morgan fingerprint density at radius 2 is 2.00 bits per heavy atom. The van der Waals surface area contributed by atoms with E-state index in [1.54, 1.807) is 12.1 Å². The molecular weight excluding hydrogens is 264 g/mol. The highest BCUT2D eigenvalue weighted by atomic mass is 32.2. The molecule has 0 bridgehead atoms. The molecule has 0 radical (unpaired) electrons. The number of aromatic amines is 1. The van der Waals surface area contributed by atoms with Gasteiger partial charge in [0.2, 0.25) is 0 Å². The zero-order chi connectivity index (χ0) is 14.0. The van der Waals surface area contributed by atoms with Crippen molar-refractivity contribution < 1.29 is 8.42 Å². The first-order valence-corrected chi connectivity index (χ1v) is 7.18. The van der Waals surface area contributed by atoms with Gasteiger partial charge in [0.25, 0.3) is 10.0 Å². The maximum absolute atomic E-state index is 12.0. The van der Waals surface area contributed by atoms with Crippen LogP contribution in [0.15, 0.2) is 35.5 Å². The van der Waals surface area contributed by atoms with Crippen LogP contribution in [0.1, 0.15) is 5.56 Å². The molecule has 2 N–H and O–H groups in total. The van der Waals surface area contributed by atoms with Crippen LogP contribution in [0.5, 0.6) is 0 Å². The number of anilines is 2. The molecule has 0 aliphatic rings. The van der Waals surface area contributed by atoms with Crippen molar-refractivity contribution in [1.82, 2.24) is 10.2 Å². The third-order valence-corrected chi connectivity index (χ3v) is 4.02. The van der Waals surface area contributed by atoms with E-state index in [-0.39, 0.29) is 5.03 Å². The van der Waals surface area contributed by atoms with Crippen molar-refractivity contribution in [3.63, 3.8) is 0 Å². The molecule has 0 unspecified atom stereocenters. The highest BCUT2D eigenvalue weighted by molar-refractivity contribution is 7.92. The van der Waals surface area contributed by atoms with Crippen molar-refractivity contribution in [1.29, 1.82) is 0 Å². The summed E-state index contributed by atoms with van der Waals surface area (Å²) in [4.78, 5) is 1.93. The number of H-pyrrole nitrogens is 1. The van der Waals surface area contributed by atoms with Crippen LogP contribution in [0.2, 0.25) is 0 Å². The van der Waals surface area contributed by atoms with Gasteiger partial charge in [0.15, 0.2) is 5.03 Å². The van der Waals surface area contributed by atoms with Gasteiger partial charge in [-0.25, -0.2) is 0 Å². The SMILES string of the molecule is Cc1ccc(NS(=O)(=O)c2ccn[nH]2)cc1N(C)C. The number of hydrogen-bond acceptors (Lipinski definition) is 4. The van der Waals surface area contributed by atoms with E-state index in [0.717, 1.165) is 11.3 Å². The van der Waals surface area contributed by atoms with Crippen LogP contribution in [0.25, 0.3) is 0 Å². The summed E-state index contributed by atoms with van der Waals surface area (Å²) >= 11 is 0. The fourth-order valence-electron chi connectivity index (χ4n) is 1.76. The van der Waals surface area contributed by atoms with E-state index in [1.807, 2.05) is 32.0 Å². The highest BCUT2D eigenvalue weighted by Gasteiger charge is 2.16. The van der Waals surface area contributed by atoms with Crippen molar-refractivity contribution in [2.75, 3.05) is 23.7 Å². The fourth-order valence-corrected chi connectivity index (χ4v) is 2.72. The topological polar surface area (TPSA) is 78.1 Å². The van der Waals surface area contributed by atoms with E-state index in [0.29, 0.717) is 5.69 Å². The van der Waals surface area contributed by atoms with E-state index in [9.17, 15) is 8.42 Å². The zero-order valence-electron chi connectivity index (χ0n) is 11.0. The molecule has 7 heteroatoms. The van der Waals surface area contributed by atoms with E-state index >= 15 is 0 Å². The van der Waals surface area contributed by atoms with Gasteiger partial charge >= 0.3 is 0 Å². The van der Waals surface area contributed by atoms with Crippen LogP contribution in [-0.4, -0.2) is 32.7 Å². The van der Waals surface area contributed by atoms with Crippen LogP contribution in [-0.2, 0) is 10.0 Å². The summed E-state index contributed by atoms with van der Waals surface area (Å²) in [6.07, 6.45) is 1.40. The summed E-state index contributed by atoms with van der Waals surface area (Å²) in [6, 6.07) is 6.81. The number of sulfonamides is 1. The third-order valence-electron chi connectivity index (χ3n) is 2.71. The Morgan fingerprint density at radius 1 is 1.26 bits per heavy atom. The highest BCUT2D eigenvalue weighted by Crippen LogP contribution is 2.24. The zero-order valence-corrected chi connectivity index (χ0v) is 11.8. The van der Waals surface area contributed by atoms with E-state index in [4.69, 9.17) is 0 Å². The Morgan fingerprint density at radius 3 is 2.58 bits per heavy atom. The number of nitrogens with one attached hydrogen (secondary N) is 2. The first kappa shape index (κ1) is 13.4. The Labute approximate surface area is 112 Å². The Balaban J connectivity index is 2.32. The third kappa shape index (κ3) is 2.87. The van der Waals surface area contributed by atoms with Gasteiger partial charge in [-0.2, -0.15) is 13.5 Å². The van der Waals surface area contributed by atoms with Gasteiger partial charge < -0.3 is 4.90 Å². The van der Waals surface area contributed by atoms with E-state index < -0.39 is 10.0 Å². The molecule has 0 atom stereocenters. The lowest BCUT2D eigenvalue weighted by Crippen LogP contribution is -2.15. The predicted molar refractivity (Wildman–Crippen MR) is 74.9 cm³/mol. The predicted octanol–water partition coefficient (Wildman–Crippen LogP) is 1.58. The van der Waals surface area contributed by atoms with Crippen LogP contribution < -0.4 is 9.62 Å². The van der Waals surface area contributed by atoms with Gasteiger partial charge in [-0.1, -0.05) is 6.07 Å². The van der Waals surface area contributed by atoms with E-state index in [1.165, 1.54) is 12.3 Å². The fraction of sp³-hybridized carbons (Fsp3) is 0.250. The Kier molecular flexibility index (Phi) is 3.48. The molecule has 0 fully saturated rings. The van der Waals surface area contributed by atoms with Crippen molar-refractivity contribution >= 4 is 21.4 Å². The number of rotatable bonds is 4. The summed E-state index contributed by atoms with van der Waals surface area (Å²) in [7, 11) is 0.213. The second-order valence-electron chi connectivity index (χ2n) is 4.42. The normalized spacial score (nSPS) is 11.3. The minimum absolute atomic E-state index is 0.0412. The summed E-state index contributed by atoms with van der Waals surface area (Å²) in [6.45, 7) is 1.97. The molecule has 19 heavy (non-hydrogen) atoms. The quantitative estimate of drug-likeness (QED) is 0.891. The molecular formula is C12H16N4O2S. The molecule has 0 aliphatic heterocycles. The Hall–Kier alpha value is -2.02. The van der Waals surface area contributed by atoms with Crippen LogP contribution >= 0.6 is 0 Å². The molecule has 1 aromatic carbocycles. The van der Waals surface area contributed by atoms with Crippen LogP contribution in [0, 0.1) is 6.92 Å². The maximum Gasteiger partial charge on any atom is 0.278 e. The van der Waals surface area contributed by atoms with Crippen molar-refractivity contribution in [2.45, 2.75) is 11.9 Å². The molecule has 1 heterocycles. The number of hydrogen-bond donors (Lipinski definition) is 2. The number of benzene rings is 1. The second kappa shape index (κ2) is 4.93. The van der Waals surface area contributed by atoms with Gasteiger partial charge in [0, 0.05) is 19.8 Å². The monoisotopic (exact) mass is 280 g/mol. The van der Waals surface area contributed by atoms with Gasteiger partial charge in [0.05, 0.1) is 11.9 Å². The molecule has 6 nitrogen and oxygen atoms in total. The minimum Gasteiger partial charge on any atom is -0.377 e. The molecule has 2 rings (SSSR count).